The molecule has 2 unspecified atom stereocenters. The smallest absolute Gasteiger partial charge is 0.0840 e. The van der Waals surface area contributed by atoms with E-state index in [4.69, 9.17) is 4.74 Å². The maximum atomic E-state index is 5.82. The molecule has 1 N–H and O–H groups in total. The van der Waals surface area contributed by atoms with Gasteiger partial charge in [-0.25, -0.2) is 0 Å². The molecule has 2 heterocycles. The lowest BCUT2D eigenvalue weighted by Gasteiger charge is -2.32. The Kier molecular flexibility index (Phi) is 1.46. The number of ether oxygens (including phenoxy) is 1. The van der Waals surface area contributed by atoms with E-state index in [1.165, 1.54) is 12.8 Å². The van der Waals surface area contributed by atoms with E-state index >= 15 is 0 Å². The topological polar surface area (TPSA) is 21.3 Å². The van der Waals surface area contributed by atoms with E-state index in [2.05, 4.69) is 18.7 Å². The molecule has 2 rings (SSSR count). The zero-order chi connectivity index (χ0) is 7.03. The molecule has 1 radical (unpaired) electrons. The van der Waals surface area contributed by atoms with Gasteiger partial charge in [0.05, 0.1) is 11.7 Å². The number of nitrogens with one attached hydrogen (secondary N) is 1. The molecule has 2 nitrogen and oxygen atoms in total. The third kappa shape index (κ3) is 0.867. The predicted molar refractivity (Wildman–Crippen MR) is 39.7 cm³/mol. The maximum Gasteiger partial charge on any atom is 0.0840 e. The predicted octanol–water partition coefficient (Wildman–Crippen LogP) is 0.732. The molecule has 2 fully saturated rings. The van der Waals surface area contributed by atoms with E-state index in [1.54, 1.807) is 0 Å². The molecule has 0 aromatic carbocycles. The summed E-state index contributed by atoms with van der Waals surface area (Å²) in [7, 11) is 0. The van der Waals surface area contributed by atoms with Crippen molar-refractivity contribution in [3.8, 4) is 0 Å². The Morgan fingerprint density at radius 1 is 1.70 bits per heavy atom. The third-order valence-electron chi connectivity index (χ3n) is 2.61. The lowest BCUT2D eigenvalue weighted by atomic mass is 9.97. The van der Waals surface area contributed by atoms with E-state index in [0.29, 0.717) is 6.10 Å². The van der Waals surface area contributed by atoms with Gasteiger partial charge in [0.15, 0.2) is 0 Å². The van der Waals surface area contributed by atoms with Gasteiger partial charge in [-0.05, 0) is 19.3 Å². The standard InChI is InChI=1S/C8H14NO/c1-2-8-4-3-7(10-8)5-9-6-8/h2,7,9H,3-6H2,1H3. The summed E-state index contributed by atoms with van der Waals surface area (Å²) in [4.78, 5) is 0. The number of hydrogen-bond donors (Lipinski definition) is 1. The van der Waals surface area contributed by atoms with Crippen molar-refractivity contribution in [3.63, 3.8) is 0 Å². The second-order valence-electron chi connectivity index (χ2n) is 3.26. The second kappa shape index (κ2) is 2.21. The Bertz CT molecular complexity index is 133. The molecule has 2 atom stereocenters. The lowest BCUT2D eigenvalue weighted by Crippen LogP contribution is -2.47. The monoisotopic (exact) mass is 140 g/mol. The summed E-state index contributed by atoms with van der Waals surface area (Å²) in [5, 5.41) is 3.38. The van der Waals surface area contributed by atoms with E-state index in [0.717, 1.165) is 13.1 Å². The van der Waals surface area contributed by atoms with Crippen LogP contribution < -0.4 is 5.32 Å². The van der Waals surface area contributed by atoms with Crippen LogP contribution in [-0.4, -0.2) is 24.8 Å². The first-order chi connectivity index (χ1) is 4.85. The number of hydrogen-bond acceptors (Lipinski definition) is 2. The molecule has 10 heavy (non-hydrogen) atoms. The normalized spacial score (nSPS) is 45.9. The highest BCUT2D eigenvalue weighted by Gasteiger charge is 2.41. The molecule has 0 aliphatic carbocycles. The highest BCUT2D eigenvalue weighted by atomic mass is 16.5. The van der Waals surface area contributed by atoms with Crippen LogP contribution in [0.2, 0.25) is 0 Å². The highest BCUT2D eigenvalue weighted by Crippen LogP contribution is 2.34. The van der Waals surface area contributed by atoms with E-state index in [1.807, 2.05) is 0 Å². The fourth-order valence-electron chi connectivity index (χ4n) is 1.89. The first-order valence-corrected chi connectivity index (χ1v) is 4.04. The molecule has 0 amide bonds. The van der Waals surface area contributed by atoms with Crippen LogP contribution in [-0.2, 0) is 4.74 Å². The molecule has 0 saturated carbocycles. The van der Waals surface area contributed by atoms with E-state index in [9.17, 15) is 0 Å². The van der Waals surface area contributed by atoms with Crippen molar-refractivity contribution in [2.24, 2.45) is 0 Å². The van der Waals surface area contributed by atoms with Gasteiger partial charge in [-0.1, -0.05) is 6.92 Å². The van der Waals surface area contributed by atoms with Crippen LogP contribution in [0.15, 0.2) is 0 Å². The molecule has 2 saturated heterocycles. The van der Waals surface area contributed by atoms with Gasteiger partial charge in [0.1, 0.15) is 0 Å². The largest absolute Gasteiger partial charge is 0.369 e. The van der Waals surface area contributed by atoms with E-state index in [-0.39, 0.29) is 5.60 Å². The Balaban J connectivity index is 2.10. The fraction of sp³-hybridized carbons (Fsp3) is 0.875. The Labute approximate surface area is 61.9 Å². The first kappa shape index (κ1) is 6.62. The molecule has 0 spiro atoms. The summed E-state index contributed by atoms with van der Waals surface area (Å²) in [5.74, 6) is 0. The molecule has 2 bridgehead atoms. The average Bonchev–Trinajstić information content (AvgIpc) is 2.29. The van der Waals surface area contributed by atoms with Crippen molar-refractivity contribution in [1.82, 2.24) is 5.32 Å². The molecule has 2 aliphatic heterocycles. The van der Waals surface area contributed by atoms with Gasteiger partial charge in [0, 0.05) is 13.1 Å². The van der Waals surface area contributed by atoms with Crippen LogP contribution >= 0.6 is 0 Å². The third-order valence-corrected chi connectivity index (χ3v) is 2.61. The van der Waals surface area contributed by atoms with Gasteiger partial charge in [0.25, 0.3) is 0 Å². The van der Waals surface area contributed by atoms with Crippen LogP contribution in [0.1, 0.15) is 19.8 Å². The quantitative estimate of drug-likeness (QED) is 0.580. The Morgan fingerprint density at radius 3 is 3.30 bits per heavy atom. The van der Waals surface area contributed by atoms with Gasteiger partial charge in [-0.15, -0.1) is 0 Å². The lowest BCUT2D eigenvalue weighted by molar-refractivity contribution is -0.0421. The molecule has 0 aromatic heterocycles. The van der Waals surface area contributed by atoms with E-state index < -0.39 is 0 Å². The van der Waals surface area contributed by atoms with Gasteiger partial charge in [-0.2, -0.15) is 0 Å². The highest BCUT2D eigenvalue weighted by molar-refractivity contribution is 5.02. The number of fused-ring (bicyclic) bond motifs is 2. The van der Waals surface area contributed by atoms with Gasteiger partial charge in [0.2, 0.25) is 0 Å². The fourth-order valence-corrected chi connectivity index (χ4v) is 1.89. The summed E-state index contributed by atoms with van der Waals surface area (Å²) in [6.07, 6.45) is 5.13. The molecule has 2 heteroatoms. The number of rotatable bonds is 1. The van der Waals surface area contributed by atoms with Crippen LogP contribution in [0.3, 0.4) is 0 Å². The zero-order valence-corrected chi connectivity index (χ0v) is 6.39. The molecular formula is C8H14NO. The molecular weight excluding hydrogens is 126 g/mol. The van der Waals surface area contributed by atoms with Crippen molar-refractivity contribution in [2.75, 3.05) is 13.1 Å². The summed E-state index contributed by atoms with van der Waals surface area (Å²) in [5.41, 5.74) is 0.100. The summed E-state index contributed by atoms with van der Waals surface area (Å²) in [6.45, 7) is 4.16. The van der Waals surface area contributed by atoms with Crippen molar-refractivity contribution in [2.45, 2.75) is 31.5 Å². The summed E-state index contributed by atoms with van der Waals surface area (Å²) < 4.78 is 5.82. The van der Waals surface area contributed by atoms with Crippen molar-refractivity contribution in [1.29, 1.82) is 0 Å². The van der Waals surface area contributed by atoms with Crippen molar-refractivity contribution < 1.29 is 4.74 Å². The zero-order valence-electron chi connectivity index (χ0n) is 6.39. The van der Waals surface area contributed by atoms with Gasteiger partial charge in [-0.3, -0.25) is 0 Å². The average molecular weight is 140 g/mol. The maximum absolute atomic E-state index is 5.82. The van der Waals surface area contributed by atoms with Crippen molar-refractivity contribution >= 4 is 0 Å². The minimum atomic E-state index is 0.100. The Hall–Kier alpha value is -0.0800. The minimum absolute atomic E-state index is 0.100. The molecule has 0 aromatic rings. The molecule has 57 valence electrons. The van der Waals surface area contributed by atoms with Crippen LogP contribution in [0, 0.1) is 6.42 Å². The first-order valence-electron chi connectivity index (χ1n) is 4.04. The summed E-state index contributed by atoms with van der Waals surface area (Å²) in [6, 6.07) is 0. The van der Waals surface area contributed by atoms with Crippen LogP contribution in [0.4, 0.5) is 0 Å². The molecule has 2 aliphatic rings. The SMILES string of the molecule is C[CH]C12CCC(CNC1)O2. The minimum Gasteiger partial charge on any atom is -0.369 e. The van der Waals surface area contributed by atoms with Crippen molar-refractivity contribution in [3.05, 3.63) is 6.42 Å². The van der Waals surface area contributed by atoms with Gasteiger partial charge < -0.3 is 10.1 Å². The van der Waals surface area contributed by atoms with Crippen LogP contribution in [0.5, 0.6) is 0 Å². The Morgan fingerprint density at radius 2 is 2.60 bits per heavy atom. The number of morpholine rings is 1. The second-order valence-corrected chi connectivity index (χ2v) is 3.26. The van der Waals surface area contributed by atoms with Gasteiger partial charge >= 0.3 is 0 Å². The summed E-state index contributed by atoms with van der Waals surface area (Å²) >= 11 is 0. The van der Waals surface area contributed by atoms with Crippen LogP contribution in [0.25, 0.3) is 0 Å².